The van der Waals surface area contributed by atoms with Crippen molar-refractivity contribution in [2.75, 3.05) is 30.3 Å². The van der Waals surface area contributed by atoms with Crippen LogP contribution < -0.4 is 14.4 Å². The van der Waals surface area contributed by atoms with E-state index in [1.807, 2.05) is 37.3 Å². The molecule has 0 aliphatic rings. The normalized spacial score (nSPS) is 11.9. The van der Waals surface area contributed by atoms with Crippen LogP contribution in [0.1, 0.15) is 37.8 Å². The molecular formula is C31H38ClN3O5S. The number of sulfonamides is 1. The maximum absolute atomic E-state index is 14.2. The van der Waals surface area contributed by atoms with Crippen molar-refractivity contribution in [2.45, 2.75) is 45.7 Å². The monoisotopic (exact) mass is 599 g/mol. The molecule has 0 bridgehead atoms. The van der Waals surface area contributed by atoms with E-state index in [4.69, 9.17) is 16.3 Å². The van der Waals surface area contributed by atoms with Crippen LogP contribution in [0, 0.1) is 0 Å². The Labute approximate surface area is 248 Å². The molecule has 3 aromatic carbocycles. The molecule has 0 fully saturated rings. The molecule has 0 aliphatic carbocycles. The number of hydrogen-bond donors (Lipinski definition) is 1. The Bertz CT molecular complexity index is 1400. The van der Waals surface area contributed by atoms with Crippen LogP contribution in [0.25, 0.3) is 0 Å². The van der Waals surface area contributed by atoms with Gasteiger partial charge < -0.3 is 15.0 Å². The smallest absolute Gasteiger partial charge is 0.244 e. The lowest BCUT2D eigenvalue weighted by Gasteiger charge is -2.34. The number of anilines is 1. The molecule has 8 nitrogen and oxygen atoms in total. The molecule has 220 valence electrons. The Balaban J connectivity index is 2.07. The van der Waals surface area contributed by atoms with E-state index in [2.05, 4.69) is 5.32 Å². The van der Waals surface area contributed by atoms with Gasteiger partial charge in [-0.2, -0.15) is 0 Å². The summed E-state index contributed by atoms with van der Waals surface area (Å²) < 4.78 is 32.8. The Hall–Kier alpha value is -3.56. The van der Waals surface area contributed by atoms with Crippen LogP contribution in [0.5, 0.6) is 5.75 Å². The van der Waals surface area contributed by atoms with Crippen molar-refractivity contribution in [2.24, 2.45) is 0 Å². The van der Waals surface area contributed by atoms with E-state index in [0.717, 1.165) is 29.0 Å². The average Bonchev–Trinajstić information content (AvgIpc) is 2.95. The van der Waals surface area contributed by atoms with Gasteiger partial charge in [0, 0.05) is 24.5 Å². The van der Waals surface area contributed by atoms with Gasteiger partial charge in [0.1, 0.15) is 18.3 Å². The first-order valence-corrected chi connectivity index (χ1v) is 15.9. The molecule has 0 aromatic heterocycles. The third-order valence-corrected chi connectivity index (χ3v) is 8.01. The average molecular weight is 600 g/mol. The Morgan fingerprint density at radius 1 is 0.951 bits per heavy atom. The van der Waals surface area contributed by atoms with Gasteiger partial charge >= 0.3 is 0 Å². The van der Waals surface area contributed by atoms with Crippen molar-refractivity contribution in [1.29, 1.82) is 0 Å². The Kier molecular flexibility index (Phi) is 12.0. The highest BCUT2D eigenvalue weighted by Gasteiger charge is 2.34. The minimum absolute atomic E-state index is 0.0158. The molecule has 1 N–H and O–H groups in total. The molecule has 41 heavy (non-hydrogen) atoms. The first kappa shape index (κ1) is 32.0. The minimum atomic E-state index is -3.91. The molecule has 0 heterocycles. The van der Waals surface area contributed by atoms with Gasteiger partial charge in [-0.1, -0.05) is 85.6 Å². The maximum Gasteiger partial charge on any atom is 0.244 e. The van der Waals surface area contributed by atoms with Gasteiger partial charge in [-0.15, -0.1) is 0 Å². The van der Waals surface area contributed by atoms with E-state index in [1.165, 1.54) is 4.90 Å². The number of ether oxygens (including phenoxy) is 1. The van der Waals surface area contributed by atoms with E-state index in [1.54, 1.807) is 55.5 Å². The van der Waals surface area contributed by atoms with E-state index < -0.39 is 28.5 Å². The number of nitrogens with zero attached hydrogens (tertiary/aromatic N) is 2. The topological polar surface area (TPSA) is 96.0 Å². The van der Waals surface area contributed by atoms with E-state index >= 15 is 0 Å². The minimum Gasteiger partial charge on any atom is -0.492 e. The second kappa shape index (κ2) is 15.4. The SMILES string of the molecule is CCCCNC(=O)C(Cc1ccccc1)N(Cc1ccccc1Cl)C(=O)CN(c1ccccc1OCC)S(C)(=O)=O. The van der Waals surface area contributed by atoms with Crippen molar-refractivity contribution in [3.8, 4) is 5.75 Å². The molecule has 1 unspecified atom stereocenters. The van der Waals surface area contributed by atoms with E-state index in [9.17, 15) is 18.0 Å². The van der Waals surface area contributed by atoms with E-state index in [0.29, 0.717) is 29.5 Å². The molecule has 3 aromatic rings. The zero-order valence-corrected chi connectivity index (χ0v) is 25.3. The van der Waals surface area contributed by atoms with Crippen molar-refractivity contribution < 1.29 is 22.7 Å². The highest BCUT2D eigenvalue weighted by atomic mass is 35.5. The van der Waals surface area contributed by atoms with Crippen LogP contribution in [0.3, 0.4) is 0 Å². The number of nitrogens with one attached hydrogen (secondary N) is 1. The second-order valence-corrected chi connectivity index (χ2v) is 11.9. The van der Waals surface area contributed by atoms with Gasteiger partial charge in [-0.25, -0.2) is 8.42 Å². The molecule has 3 rings (SSSR count). The van der Waals surface area contributed by atoms with Crippen LogP contribution in [0.15, 0.2) is 78.9 Å². The van der Waals surface area contributed by atoms with E-state index in [-0.39, 0.29) is 24.6 Å². The first-order chi connectivity index (χ1) is 19.7. The van der Waals surface area contributed by atoms with Crippen LogP contribution in [-0.4, -0.2) is 57.1 Å². The van der Waals surface area contributed by atoms with Gasteiger partial charge in [0.25, 0.3) is 0 Å². The first-order valence-electron chi connectivity index (χ1n) is 13.7. The van der Waals surface area contributed by atoms with Gasteiger partial charge in [-0.05, 0) is 42.7 Å². The quantitative estimate of drug-likeness (QED) is 0.246. The predicted molar refractivity (Wildman–Crippen MR) is 164 cm³/mol. The number of benzene rings is 3. The number of para-hydroxylation sites is 2. The number of rotatable bonds is 15. The zero-order valence-electron chi connectivity index (χ0n) is 23.8. The highest BCUT2D eigenvalue weighted by molar-refractivity contribution is 7.92. The summed E-state index contributed by atoms with van der Waals surface area (Å²) in [6.07, 6.45) is 2.97. The summed E-state index contributed by atoms with van der Waals surface area (Å²) in [5.74, 6) is -0.527. The van der Waals surface area contributed by atoms with Gasteiger partial charge in [0.2, 0.25) is 21.8 Å². The zero-order chi connectivity index (χ0) is 29.8. The van der Waals surface area contributed by atoms with Crippen LogP contribution in [0.4, 0.5) is 5.69 Å². The largest absolute Gasteiger partial charge is 0.492 e. The molecule has 2 amide bonds. The number of hydrogen-bond acceptors (Lipinski definition) is 5. The summed E-state index contributed by atoms with van der Waals surface area (Å²) in [4.78, 5) is 29.3. The lowest BCUT2D eigenvalue weighted by atomic mass is 10.0. The predicted octanol–water partition coefficient (Wildman–Crippen LogP) is 5.06. The molecular weight excluding hydrogens is 562 g/mol. The third kappa shape index (κ3) is 9.23. The van der Waals surface area contributed by atoms with Crippen molar-refractivity contribution in [3.63, 3.8) is 0 Å². The van der Waals surface area contributed by atoms with Crippen molar-refractivity contribution in [1.82, 2.24) is 10.2 Å². The summed E-state index contributed by atoms with van der Waals surface area (Å²) in [7, 11) is -3.91. The molecule has 0 radical (unpaired) electrons. The number of unbranched alkanes of at least 4 members (excludes halogenated alkanes) is 1. The van der Waals surface area contributed by atoms with Gasteiger partial charge in [0.15, 0.2) is 0 Å². The summed E-state index contributed by atoms with van der Waals surface area (Å²) in [5, 5.41) is 3.40. The molecule has 0 saturated heterocycles. The Morgan fingerprint density at radius 2 is 1.61 bits per heavy atom. The van der Waals surface area contributed by atoms with Crippen molar-refractivity contribution >= 4 is 39.1 Å². The van der Waals surface area contributed by atoms with Gasteiger partial charge in [-0.3, -0.25) is 13.9 Å². The lowest BCUT2D eigenvalue weighted by Crippen LogP contribution is -2.53. The standard InChI is InChI=1S/C31H38ClN3O5S/c1-4-6-20-33-31(37)28(21-24-14-8-7-9-15-24)34(22-25-16-10-11-17-26(25)32)30(36)23-35(41(3,38)39)27-18-12-13-19-29(27)40-5-2/h7-19,28H,4-6,20-23H2,1-3H3,(H,33,37). The summed E-state index contributed by atoms with van der Waals surface area (Å²) in [5.41, 5.74) is 1.75. The summed E-state index contributed by atoms with van der Waals surface area (Å²) in [6.45, 7) is 4.09. The molecule has 0 saturated carbocycles. The number of halogens is 1. The second-order valence-electron chi connectivity index (χ2n) is 9.63. The van der Waals surface area contributed by atoms with Gasteiger partial charge in [0.05, 0.1) is 18.6 Å². The fourth-order valence-corrected chi connectivity index (χ4v) is 5.45. The van der Waals surface area contributed by atoms with Crippen LogP contribution in [-0.2, 0) is 32.6 Å². The number of amides is 2. The summed E-state index contributed by atoms with van der Waals surface area (Å²) in [6, 6.07) is 22.3. The molecule has 0 aliphatic heterocycles. The van der Waals surface area contributed by atoms with Crippen molar-refractivity contribution in [3.05, 3.63) is 95.0 Å². The maximum atomic E-state index is 14.2. The van der Waals surface area contributed by atoms with Crippen LogP contribution in [0.2, 0.25) is 5.02 Å². The molecule has 1 atom stereocenters. The highest BCUT2D eigenvalue weighted by Crippen LogP contribution is 2.30. The van der Waals surface area contributed by atoms with Crippen LogP contribution >= 0.6 is 11.6 Å². The number of carbonyl (C=O) groups is 2. The fraction of sp³-hybridized carbons (Fsp3) is 0.355. The summed E-state index contributed by atoms with van der Waals surface area (Å²) >= 11 is 6.49. The third-order valence-electron chi connectivity index (χ3n) is 6.51. The Morgan fingerprint density at radius 3 is 2.27 bits per heavy atom. The fourth-order valence-electron chi connectivity index (χ4n) is 4.41. The lowest BCUT2D eigenvalue weighted by molar-refractivity contribution is -0.140. The molecule has 10 heteroatoms. The number of carbonyl (C=O) groups excluding carboxylic acids is 2. The molecule has 0 spiro atoms.